The Hall–Kier alpha value is -5.05. The number of ether oxygens (including phenoxy) is 3. The van der Waals surface area contributed by atoms with Crippen LogP contribution >= 0.6 is 11.3 Å². The van der Waals surface area contributed by atoms with E-state index >= 15 is 22.0 Å². The van der Waals surface area contributed by atoms with Crippen LogP contribution in [0.5, 0.6) is 11.8 Å². The van der Waals surface area contributed by atoms with Crippen molar-refractivity contribution in [1.82, 2.24) is 19.9 Å². The quantitative estimate of drug-likeness (QED) is 0.156. The zero-order valence-electron chi connectivity index (χ0n) is 29.3. The average molecular weight is 767 g/mol. The van der Waals surface area contributed by atoms with Gasteiger partial charge in [-0.05, 0) is 44.4 Å². The first-order valence-electron chi connectivity index (χ1n) is 17.4. The van der Waals surface area contributed by atoms with Crippen molar-refractivity contribution in [1.29, 1.82) is 5.26 Å². The van der Waals surface area contributed by atoms with Crippen molar-refractivity contribution in [3.05, 3.63) is 58.8 Å². The number of halogens is 5. The number of hydrogen-bond acceptors (Lipinski definition) is 12. The number of morpholine rings is 1. The van der Waals surface area contributed by atoms with Gasteiger partial charge in [0.05, 0.1) is 47.6 Å². The van der Waals surface area contributed by atoms with Gasteiger partial charge in [-0.2, -0.15) is 28.4 Å². The maximum Gasteiger partial charge on any atom is 0.420 e. The molecule has 1 aliphatic carbocycles. The highest BCUT2D eigenvalue weighted by molar-refractivity contribution is 7.23. The van der Waals surface area contributed by atoms with E-state index in [1.165, 1.54) is 6.20 Å². The number of rotatable bonds is 8. The number of nitrogen functional groups attached to an aromatic ring is 2. The molecule has 0 bridgehead atoms. The SMILES string of the molecule is C[C@@H]1CN(CC2(COc3nc4c5c(c(C(F)(F)F)c(-c6ccc(F)c7sc(N)c(C#N)c67)c(F)c5n3)OCCN4[C@H](C)c3cccnc3N)CC2)CCO1. The molecule has 2 aliphatic heterocycles. The number of hydrogen-bond donors (Lipinski definition) is 2. The number of benzene rings is 2. The molecule has 54 heavy (non-hydrogen) atoms. The monoisotopic (exact) mass is 766 g/mol. The highest BCUT2D eigenvalue weighted by Gasteiger charge is 2.47. The Morgan fingerprint density at radius 2 is 1.93 bits per heavy atom. The van der Waals surface area contributed by atoms with Crippen molar-refractivity contribution in [3.63, 3.8) is 0 Å². The van der Waals surface area contributed by atoms with Crippen LogP contribution in [-0.4, -0.2) is 72.0 Å². The van der Waals surface area contributed by atoms with Crippen LogP contribution in [0.4, 0.5) is 38.6 Å². The summed E-state index contributed by atoms with van der Waals surface area (Å²) < 4.78 is 96.6. The van der Waals surface area contributed by atoms with Gasteiger partial charge in [0.2, 0.25) is 0 Å². The van der Waals surface area contributed by atoms with E-state index in [1.54, 1.807) is 24.0 Å². The molecule has 3 aliphatic rings. The van der Waals surface area contributed by atoms with E-state index in [-0.39, 0.29) is 80.5 Å². The molecule has 0 amide bonds. The Kier molecular flexibility index (Phi) is 8.89. The minimum atomic E-state index is -5.20. The molecule has 5 heterocycles. The first kappa shape index (κ1) is 36.0. The van der Waals surface area contributed by atoms with Gasteiger partial charge in [-0.1, -0.05) is 12.1 Å². The molecule has 4 N–H and O–H groups in total. The molecule has 3 aromatic heterocycles. The van der Waals surface area contributed by atoms with E-state index < -0.39 is 46.2 Å². The highest BCUT2D eigenvalue weighted by Crippen LogP contribution is 2.54. The second-order valence-electron chi connectivity index (χ2n) is 14.1. The second kappa shape index (κ2) is 13.4. The smallest absolute Gasteiger partial charge is 0.420 e. The summed E-state index contributed by atoms with van der Waals surface area (Å²) in [6.07, 6.45) is -1.85. The summed E-state index contributed by atoms with van der Waals surface area (Å²) in [4.78, 5) is 17.3. The van der Waals surface area contributed by atoms with Gasteiger partial charge >= 0.3 is 12.2 Å². The summed E-state index contributed by atoms with van der Waals surface area (Å²) in [5.41, 5.74) is 9.03. The molecule has 17 heteroatoms. The van der Waals surface area contributed by atoms with Crippen molar-refractivity contribution in [2.45, 2.75) is 45.0 Å². The number of nitrogens with zero attached hydrogens (tertiary/aromatic N) is 6. The van der Waals surface area contributed by atoms with Gasteiger partial charge < -0.3 is 30.6 Å². The molecular formula is C37H35F5N8O3S. The molecule has 5 aromatic rings. The van der Waals surface area contributed by atoms with Crippen molar-refractivity contribution < 1.29 is 36.2 Å². The van der Waals surface area contributed by atoms with Gasteiger partial charge in [-0.3, -0.25) is 4.90 Å². The van der Waals surface area contributed by atoms with Crippen LogP contribution in [0.3, 0.4) is 0 Å². The number of aromatic nitrogens is 3. The summed E-state index contributed by atoms with van der Waals surface area (Å²) in [6.45, 7) is 6.62. The summed E-state index contributed by atoms with van der Waals surface area (Å²) in [6, 6.07) is 6.35. The molecule has 8 rings (SSSR count). The van der Waals surface area contributed by atoms with Gasteiger partial charge in [0.25, 0.3) is 0 Å². The summed E-state index contributed by atoms with van der Waals surface area (Å²) in [7, 11) is 0. The Balaban J connectivity index is 1.35. The molecule has 282 valence electrons. The fourth-order valence-electron chi connectivity index (χ4n) is 7.64. The van der Waals surface area contributed by atoms with Gasteiger partial charge in [0, 0.05) is 47.8 Å². The number of nitrogens with two attached hydrogens (primary N) is 2. The Morgan fingerprint density at radius 3 is 2.63 bits per heavy atom. The zero-order chi connectivity index (χ0) is 38.1. The number of fused-ring (bicyclic) bond motifs is 1. The molecule has 2 aromatic carbocycles. The van der Waals surface area contributed by atoms with E-state index in [0.29, 0.717) is 23.5 Å². The molecule has 0 spiro atoms. The predicted molar refractivity (Wildman–Crippen MR) is 193 cm³/mol. The van der Waals surface area contributed by atoms with Gasteiger partial charge in [0.15, 0.2) is 5.82 Å². The molecule has 1 saturated carbocycles. The maximum absolute atomic E-state index is 17.4. The molecule has 0 radical (unpaired) electrons. The molecule has 1 saturated heterocycles. The largest absolute Gasteiger partial charge is 0.490 e. The van der Waals surface area contributed by atoms with E-state index in [0.717, 1.165) is 44.6 Å². The Bertz CT molecular complexity index is 2340. The van der Waals surface area contributed by atoms with Crippen LogP contribution in [0, 0.1) is 28.4 Å². The van der Waals surface area contributed by atoms with Crippen molar-refractivity contribution in [2.75, 3.05) is 62.4 Å². The van der Waals surface area contributed by atoms with Gasteiger partial charge in [-0.25, -0.2) is 13.8 Å². The number of thiophene rings is 1. The molecule has 2 fully saturated rings. The standard InChI is InChI=1S/C37H35F5N8O3S/c1-18-15-49(10-12-51-18)16-36(7-8-36)17-53-35-47-29-26-30(52-13-11-50(34(26)48-35)19(2)20-4-3-9-46-32(20)44)27(37(40,41)42)25(28(29)39)21-5-6-23(38)31-24(21)22(14-43)33(45)54-31/h3-6,9,18-19H,7-8,10-13,15-17,45H2,1-2H3,(H2,44,46)/t18-,19-/m1/s1. The summed E-state index contributed by atoms with van der Waals surface area (Å²) in [5.74, 6) is -2.76. The summed E-state index contributed by atoms with van der Waals surface area (Å²) >= 11 is 0.688. The number of anilines is 3. The third-order valence-corrected chi connectivity index (χ3v) is 11.5. The minimum absolute atomic E-state index is 0.0174. The van der Waals surface area contributed by atoms with Gasteiger partial charge in [-0.15, -0.1) is 11.3 Å². The second-order valence-corrected chi connectivity index (χ2v) is 15.1. The van der Waals surface area contributed by atoms with Crippen molar-refractivity contribution >= 4 is 49.0 Å². The first-order valence-corrected chi connectivity index (χ1v) is 18.2. The zero-order valence-corrected chi connectivity index (χ0v) is 30.1. The van der Waals surface area contributed by atoms with Crippen LogP contribution in [0.25, 0.3) is 32.1 Å². The van der Waals surface area contributed by atoms with Crippen LogP contribution in [0.1, 0.15) is 49.4 Å². The predicted octanol–water partition coefficient (Wildman–Crippen LogP) is 7.08. The summed E-state index contributed by atoms with van der Waals surface area (Å²) in [5, 5.41) is 9.26. The minimum Gasteiger partial charge on any atom is -0.490 e. The lowest BCUT2D eigenvalue weighted by molar-refractivity contribution is -0.138. The number of nitriles is 1. The molecular weight excluding hydrogens is 732 g/mol. The lowest BCUT2D eigenvalue weighted by atomic mass is 9.91. The van der Waals surface area contributed by atoms with Crippen molar-refractivity contribution in [2.24, 2.45) is 5.41 Å². The highest BCUT2D eigenvalue weighted by atomic mass is 32.1. The normalized spacial score (nSPS) is 19.0. The third-order valence-electron chi connectivity index (χ3n) is 10.5. The van der Waals surface area contributed by atoms with Crippen molar-refractivity contribution in [3.8, 4) is 29.0 Å². The van der Waals surface area contributed by atoms with Gasteiger partial charge in [0.1, 0.15) is 52.0 Å². The fraction of sp³-hybridized carbons (Fsp3) is 0.405. The topological polar surface area (TPSA) is 149 Å². The Labute approximate surface area is 310 Å². The van der Waals surface area contributed by atoms with E-state index in [1.807, 2.05) is 13.0 Å². The third kappa shape index (κ3) is 6.15. The van der Waals surface area contributed by atoms with E-state index in [4.69, 9.17) is 25.7 Å². The first-order chi connectivity index (χ1) is 25.8. The average Bonchev–Trinajstić information content (AvgIpc) is 3.84. The lowest BCUT2D eigenvalue weighted by Gasteiger charge is -2.33. The van der Waals surface area contributed by atoms with Crippen LogP contribution in [0.2, 0.25) is 0 Å². The maximum atomic E-state index is 17.4. The molecule has 11 nitrogen and oxygen atoms in total. The number of pyridine rings is 1. The molecule has 0 unspecified atom stereocenters. The van der Waals surface area contributed by atoms with Crippen LogP contribution < -0.4 is 25.8 Å². The Morgan fingerprint density at radius 1 is 1.13 bits per heavy atom. The number of alkyl halides is 3. The van der Waals surface area contributed by atoms with Crippen LogP contribution in [-0.2, 0) is 10.9 Å². The fourth-order valence-corrected chi connectivity index (χ4v) is 8.59. The lowest BCUT2D eigenvalue weighted by Crippen LogP contribution is -2.44. The molecule has 2 atom stereocenters. The van der Waals surface area contributed by atoms with Crippen LogP contribution in [0.15, 0.2) is 30.5 Å². The van der Waals surface area contributed by atoms with E-state index in [9.17, 15) is 5.26 Å². The van der Waals surface area contributed by atoms with E-state index in [2.05, 4.69) is 19.9 Å².